The molecule has 0 fully saturated rings. The predicted molar refractivity (Wildman–Crippen MR) is 128 cm³/mol. The number of esters is 1. The van der Waals surface area contributed by atoms with Crippen molar-refractivity contribution < 1.29 is 33.6 Å². The van der Waals surface area contributed by atoms with Crippen LogP contribution in [0.1, 0.15) is 45.7 Å². The molecular weight excluding hydrogens is 438 g/mol. The summed E-state index contributed by atoms with van der Waals surface area (Å²) in [5, 5.41) is 13.4. The summed E-state index contributed by atoms with van der Waals surface area (Å²) in [6.07, 6.45) is -2.23. The molecule has 0 spiro atoms. The van der Waals surface area contributed by atoms with Gasteiger partial charge >= 0.3 is 12.1 Å². The first-order valence-corrected chi connectivity index (χ1v) is 11.4. The van der Waals surface area contributed by atoms with Crippen LogP contribution in [0.5, 0.6) is 11.5 Å². The Morgan fingerprint density at radius 1 is 0.941 bits per heavy atom. The van der Waals surface area contributed by atoms with E-state index in [0.29, 0.717) is 24.7 Å². The van der Waals surface area contributed by atoms with Crippen molar-refractivity contribution in [2.45, 2.75) is 65.4 Å². The van der Waals surface area contributed by atoms with Gasteiger partial charge in [-0.25, -0.2) is 9.59 Å². The molecule has 0 aromatic heterocycles. The predicted octanol–water partition coefficient (Wildman–Crippen LogP) is 4.02. The molecule has 0 bridgehead atoms. The van der Waals surface area contributed by atoms with E-state index in [-0.39, 0.29) is 13.0 Å². The fourth-order valence-electron chi connectivity index (χ4n) is 3.16. The molecule has 2 atom stereocenters. The lowest BCUT2D eigenvalue weighted by Crippen LogP contribution is -2.50. The molecule has 0 heterocycles. The number of nitrogens with one attached hydrogen (secondary N) is 1. The van der Waals surface area contributed by atoms with Gasteiger partial charge in [0, 0.05) is 0 Å². The van der Waals surface area contributed by atoms with E-state index >= 15 is 0 Å². The van der Waals surface area contributed by atoms with Gasteiger partial charge in [-0.05, 0) is 64.3 Å². The van der Waals surface area contributed by atoms with Crippen molar-refractivity contribution in [2.75, 3.05) is 13.2 Å². The molecule has 8 heteroatoms. The first-order chi connectivity index (χ1) is 16.1. The van der Waals surface area contributed by atoms with E-state index in [1.807, 2.05) is 44.2 Å². The normalized spacial score (nSPS) is 12.9. The van der Waals surface area contributed by atoms with Crippen LogP contribution in [0.3, 0.4) is 0 Å². The SMILES string of the molecule is CCOc1ccc(CC(NC(=O)OCc2ccccc2)C(O)C(=O)OC(C)(C)C)cc1OCC. The molecule has 2 unspecified atom stereocenters. The van der Waals surface area contributed by atoms with Crippen molar-refractivity contribution in [3.8, 4) is 11.5 Å². The third-order valence-electron chi connectivity index (χ3n) is 4.61. The molecule has 186 valence electrons. The Morgan fingerprint density at radius 3 is 2.21 bits per heavy atom. The fraction of sp³-hybridized carbons (Fsp3) is 0.462. The minimum Gasteiger partial charge on any atom is -0.490 e. The number of aliphatic hydroxyl groups excluding tert-OH is 1. The lowest BCUT2D eigenvalue weighted by molar-refractivity contribution is -0.166. The largest absolute Gasteiger partial charge is 0.490 e. The van der Waals surface area contributed by atoms with Crippen LogP contribution in [0.25, 0.3) is 0 Å². The zero-order valence-corrected chi connectivity index (χ0v) is 20.5. The molecule has 0 aliphatic rings. The van der Waals surface area contributed by atoms with Crippen LogP contribution in [0, 0.1) is 0 Å². The molecule has 0 aliphatic heterocycles. The highest BCUT2D eigenvalue weighted by molar-refractivity contribution is 5.77. The van der Waals surface area contributed by atoms with Gasteiger partial charge in [0.2, 0.25) is 0 Å². The summed E-state index contributed by atoms with van der Waals surface area (Å²) in [6, 6.07) is 13.5. The summed E-state index contributed by atoms with van der Waals surface area (Å²) in [5.74, 6) is 0.295. The van der Waals surface area contributed by atoms with Crippen LogP contribution in [0.15, 0.2) is 48.5 Å². The Morgan fingerprint density at radius 2 is 1.59 bits per heavy atom. The van der Waals surface area contributed by atoms with Gasteiger partial charge in [0.1, 0.15) is 12.2 Å². The molecule has 0 saturated carbocycles. The molecular formula is C26H35NO7. The van der Waals surface area contributed by atoms with E-state index in [2.05, 4.69) is 5.32 Å². The summed E-state index contributed by atoms with van der Waals surface area (Å²) < 4.78 is 21.9. The number of benzene rings is 2. The van der Waals surface area contributed by atoms with Gasteiger partial charge in [0.25, 0.3) is 0 Å². The number of hydrogen-bond acceptors (Lipinski definition) is 7. The number of amides is 1. The standard InChI is InChI=1S/C26H35NO7/c1-6-31-21-14-13-19(16-22(21)32-7-2)15-20(23(28)24(29)34-26(3,4)5)27-25(30)33-17-18-11-9-8-10-12-18/h8-14,16,20,23,28H,6-7,15,17H2,1-5H3,(H,27,30). The Hall–Kier alpha value is -3.26. The number of ether oxygens (including phenoxy) is 4. The summed E-state index contributed by atoms with van der Waals surface area (Å²) in [5.41, 5.74) is 0.746. The van der Waals surface area contributed by atoms with Gasteiger partial charge in [-0.1, -0.05) is 36.4 Å². The van der Waals surface area contributed by atoms with Crippen LogP contribution >= 0.6 is 0 Å². The van der Waals surface area contributed by atoms with E-state index in [4.69, 9.17) is 18.9 Å². The van der Waals surface area contributed by atoms with Gasteiger partial charge in [0.15, 0.2) is 17.6 Å². The van der Waals surface area contributed by atoms with Crippen LogP contribution < -0.4 is 14.8 Å². The van der Waals surface area contributed by atoms with Gasteiger partial charge in [0.05, 0.1) is 19.3 Å². The average Bonchev–Trinajstić information content (AvgIpc) is 2.78. The smallest absolute Gasteiger partial charge is 0.407 e. The summed E-state index contributed by atoms with van der Waals surface area (Å²) in [4.78, 5) is 25.0. The average molecular weight is 474 g/mol. The summed E-state index contributed by atoms with van der Waals surface area (Å²) in [6.45, 7) is 9.83. The molecule has 1 amide bonds. The maximum Gasteiger partial charge on any atom is 0.407 e. The van der Waals surface area contributed by atoms with Crippen LogP contribution in [-0.4, -0.2) is 48.1 Å². The molecule has 2 N–H and O–H groups in total. The van der Waals surface area contributed by atoms with Crippen molar-refractivity contribution in [2.24, 2.45) is 0 Å². The monoisotopic (exact) mass is 473 g/mol. The molecule has 8 nitrogen and oxygen atoms in total. The number of hydrogen-bond donors (Lipinski definition) is 2. The Bertz CT molecular complexity index is 924. The Kier molecular flexibility index (Phi) is 10.2. The number of aliphatic hydroxyl groups is 1. The summed E-state index contributed by atoms with van der Waals surface area (Å²) >= 11 is 0. The minimum absolute atomic E-state index is 0.0550. The Labute approximate surface area is 201 Å². The van der Waals surface area contributed by atoms with E-state index in [1.165, 1.54) is 0 Å². The molecule has 0 aliphatic carbocycles. The molecule has 0 saturated heterocycles. The number of alkyl carbamates (subject to hydrolysis) is 1. The van der Waals surface area contributed by atoms with Crippen molar-refractivity contribution in [1.82, 2.24) is 5.32 Å². The zero-order chi connectivity index (χ0) is 25.1. The van der Waals surface area contributed by atoms with Gasteiger partial charge in [-0.2, -0.15) is 0 Å². The van der Waals surface area contributed by atoms with Crippen molar-refractivity contribution in [1.29, 1.82) is 0 Å². The third kappa shape index (κ3) is 8.94. The van der Waals surface area contributed by atoms with Crippen LogP contribution in [0.4, 0.5) is 4.79 Å². The first kappa shape index (κ1) is 27.0. The van der Waals surface area contributed by atoms with Crippen LogP contribution in [-0.2, 0) is 27.3 Å². The highest BCUT2D eigenvalue weighted by Crippen LogP contribution is 2.29. The van der Waals surface area contributed by atoms with Gasteiger partial charge < -0.3 is 29.4 Å². The molecule has 0 radical (unpaired) electrons. The quantitative estimate of drug-likeness (QED) is 0.475. The van der Waals surface area contributed by atoms with E-state index < -0.39 is 29.8 Å². The molecule has 2 rings (SSSR count). The van der Waals surface area contributed by atoms with Crippen molar-refractivity contribution >= 4 is 12.1 Å². The maximum absolute atomic E-state index is 12.6. The van der Waals surface area contributed by atoms with E-state index in [0.717, 1.165) is 11.1 Å². The van der Waals surface area contributed by atoms with Gasteiger partial charge in [-0.15, -0.1) is 0 Å². The van der Waals surface area contributed by atoms with Crippen LogP contribution in [0.2, 0.25) is 0 Å². The lowest BCUT2D eigenvalue weighted by atomic mass is 10.0. The zero-order valence-electron chi connectivity index (χ0n) is 20.5. The maximum atomic E-state index is 12.6. The second-order valence-corrected chi connectivity index (χ2v) is 8.64. The lowest BCUT2D eigenvalue weighted by Gasteiger charge is -2.27. The number of carbonyl (C=O) groups excluding carboxylic acids is 2. The third-order valence-corrected chi connectivity index (χ3v) is 4.61. The molecule has 34 heavy (non-hydrogen) atoms. The first-order valence-electron chi connectivity index (χ1n) is 11.4. The molecule has 2 aromatic carbocycles. The van der Waals surface area contributed by atoms with E-state index in [1.54, 1.807) is 39.0 Å². The second kappa shape index (κ2) is 12.8. The molecule has 2 aromatic rings. The number of rotatable bonds is 11. The highest BCUT2D eigenvalue weighted by Gasteiger charge is 2.32. The summed E-state index contributed by atoms with van der Waals surface area (Å²) in [7, 11) is 0. The highest BCUT2D eigenvalue weighted by atomic mass is 16.6. The minimum atomic E-state index is -1.61. The van der Waals surface area contributed by atoms with Gasteiger partial charge in [-0.3, -0.25) is 0 Å². The second-order valence-electron chi connectivity index (χ2n) is 8.64. The topological polar surface area (TPSA) is 103 Å². The number of carbonyl (C=O) groups is 2. The fourth-order valence-corrected chi connectivity index (χ4v) is 3.16. The van der Waals surface area contributed by atoms with Crippen molar-refractivity contribution in [3.63, 3.8) is 0 Å². The Balaban J connectivity index is 2.19. The van der Waals surface area contributed by atoms with Crippen molar-refractivity contribution in [3.05, 3.63) is 59.7 Å². The van der Waals surface area contributed by atoms with E-state index in [9.17, 15) is 14.7 Å².